The third-order valence-corrected chi connectivity index (χ3v) is 2.80. The van der Waals surface area contributed by atoms with Crippen LogP contribution in [0.4, 0.5) is 0 Å². The summed E-state index contributed by atoms with van der Waals surface area (Å²) in [7, 11) is 1.54. The molecule has 1 heterocycles. The topological polar surface area (TPSA) is 35.0 Å². The minimum absolute atomic E-state index is 0.360. The van der Waals surface area contributed by atoms with Crippen LogP contribution in [-0.4, -0.2) is 17.1 Å². The first-order valence-corrected chi connectivity index (χ1v) is 5.75. The molecule has 5 heteroatoms. The molecular formula is C12H10Cl2N2O. The number of aromatic nitrogens is 2. The van der Waals surface area contributed by atoms with E-state index < -0.39 is 0 Å². The zero-order valence-corrected chi connectivity index (χ0v) is 10.7. The van der Waals surface area contributed by atoms with Crippen LogP contribution in [0.25, 0.3) is 0 Å². The summed E-state index contributed by atoms with van der Waals surface area (Å²) in [6.45, 7) is 0. The van der Waals surface area contributed by atoms with E-state index in [1.165, 1.54) is 7.11 Å². The Kier molecular flexibility index (Phi) is 3.82. The lowest BCUT2D eigenvalue weighted by Gasteiger charge is -2.05. The van der Waals surface area contributed by atoms with Gasteiger partial charge in [0.25, 0.3) is 0 Å². The Morgan fingerprint density at radius 1 is 1.18 bits per heavy atom. The van der Waals surface area contributed by atoms with E-state index >= 15 is 0 Å². The van der Waals surface area contributed by atoms with Crippen LogP contribution < -0.4 is 4.74 Å². The van der Waals surface area contributed by atoms with Crippen molar-refractivity contribution in [2.45, 2.75) is 6.42 Å². The second kappa shape index (κ2) is 5.34. The van der Waals surface area contributed by atoms with E-state index in [-0.39, 0.29) is 0 Å². The van der Waals surface area contributed by atoms with Gasteiger partial charge in [-0.1, -0.05) is 41.4 Å². The Bertz CT molecular complexity index is 532. The molecule has 1 aromatic carbocycles. The zero-order valence-electron chi connectivity index (χ0n) is 9.15. The number of nitrogens with zero attached hydrogens (tertiary/aromatic N) is 2. The van der Waals surface area contributed by atoms with Crippen LogP contribution in [-0.2, 0) is 6.42 Å². The molecule has 1 aromatic heterocycles. The lowest BCUT2D eigenvalue weighted by atomic mass is 10.1. The molecule has 0 atom stereocenters. The number of hydrogen-bond acceptors (Lipinski definition) is 3. The van der Waals surface area contributed by atoms with Gasteiger partial charge in [0.2, 0.25) is 5.88 Å². The number of benzene rings is 1. The van der Waals surface area contributed by atoms with Gasteiger partial charge in [0.15, 0.2) is 0 Å². The molecule has 0 saturated carbocycles. The smallest absolute Gasteiger partial charge is 0.217 e. The van der Waals surface area contributed by atoms with Crippen LogP contribution in [0, 0.1) is 0 Å². The maximum Gasteiger partial charge on any atom is 0.217 e. The molecule has 0 spiro atoms. The van der Waals surface area contributed by atoms with Gasteiger partial charge in [0.05, 0.1) is 7.11 Å². The molecule has 2 aromatic rings. The molecule has 88 valence electrons. The van der Waals surface area contributed by atoms with Crippen LogP contribution >= 0.6 is 23.2 Å². The van der Waals surface area contributed by atoms with E-state index in [9.17, 15) is 0 Å². The largest absolute Gasteiger partial charge is 0.481 e. The zero-order chi connectivity index (χ0) is 12.3. The van der Waals surface area contributed by atoms with Crippen LogP contribution in [0.3, 0.4) is 0 Å². The standard InChI is InChI=1S/C12H10Cl2N2O/c1-17-12-7-10(14)15-11(16-12)6-8-4-2-3-5-9(8)13/h2-5,7H,6H2,1H3. The van der Waals surface area contributed by atoms with Crippen LogP contribution in [0.15, 0.2) is 30.3 Å². The molecule has 0 saturated heterocycles. The maximum atomic E-state index is 6.07. The molecule has 2 rings (SSSR count). The number of methoxy groups -OCH3 is 1. The predicted octanol–water partition coefficient (Wildman–Crippen LogP) is 3.38. The van der Waals surface area contributed by atoms with Crippen LogP contribution in [0.1, 0.15) is 11.4 Å². The molecule has 0 N–H and O–H groups in total. The third-order valence-electron chi connectivity index (χ3n) is 2.23. The van der Waals surface area contributed by atoms with Gasteiger partial charge in [-0.3, -0.25) is 0 Å². The van der Waals surface area contributed by atoms with Crippen molar-refractivity contribution >= 4 is 23.2 Å². The highest BCUT2D eigenvalue weighted by Crippen LogP contribution is 2.20. The molecule has 17 heavy (non-hydrogen) atoms. The molecule has 0 aliphatic carbocycles. The Balaban J connectivity index is 2.30. The van der Waals surface area contributed by atoms with Crippen molar-refractivity contribution in [3.05, 3.63) is 51.9 Å². The average Bonchev–Trinajstić information content (AvgIpc) is 2.31. The van der Waals surface area contributed by atoms with Gasteiger partial charge in [-0.25, -0.2) is 4.98 Å². The highest BCUT2D eigenvalue weighted by Gasteiger charge is 2.06. The Morgan fingerprint density at radius 2 is 1.94 bits per heavy atom. The fourth-order valence-electron chi connectivity index (χ4n) is 1.44. The van der Waals surface area contributed by atoms with Crippen molar-refractivity contribution in [2.75, 3.05) is 7.11 Å². The fraction of sp³-hybridized carbons (Fsp3) is 0.167. The first-order chi connectivity index (χ1) is 8.19. The number of rotatable bonds is 3. The molecular weight excluding hydrogens is 259 g/mol. The number of ether oxygens (including phenoxy) is 1. The first kappa shape index (κ1) is 12.1. The minimum atomic E-state index is 0.360. The van der Waals surface area contributed by atoms with Crippen molar-refractivity contribution in [1.82, 2.24) is 9.97 Å². The molecule has 0 amide bonds. The highest BCUT2D eigenvalue weighted by atomic mass is 35.5. The second-order valence-electron chi connectivity index (χ2n) is 3.42. The molecule has 0 radical (unpaired) electrons. The van der Waals surface area contributed by atoms with Crippen molar-refractivity contribution in [3.63, 3.8) is 0 Å². The van der Waals surface area contributed by atoms with Gasteiger partial charge in [-0.2, -0.15) is 4.98 Å². The summed E-state index contributed by atoms with van der Waals surface area (Å²) in [6.07, 6.45) is 0.524. The first-order valence-electron chi connectivity index (χ1n) is 5.00. The summed E-state index contributed by atoms with van der Waals surface area (Å²) >= 11 is 11.9. The number of hydrogen-bond donors (Lipinski definition) is 0. The third kappa shape index (κ3) is 3.08. The molecule has 0 fully saturated rings. The maximum absolute atomic E-state index is 6.07. The summed E-state index contributed by atoms with van der Waals surface area (Å²) in [5.41, 5.74) is 0.957. The Labute approximate surface area is 109 Å². The van der Waals surface area contributed by atoms with Gasteiger partial charge in [0.1, 0.15) is 11.0 Å². The van der Waals surface area contributed by atoms with Gasteiger partial charge in [0, 0.05) is 17.5 Å². The molecule has 0 aliphatic rings. The second-order valence-corrected chi connectivity index (χ2v) is 4.21. The quantitative estimate of drug-likeness (QED) is 0.801. The molecule has 0 bridgehead atoms. The van der Waals surface area contributed by atoms with Crippen molar-refractivity contribution in [2.24, 2.45) is 0 Å². The van der Waals surface area contributed by atoms with E-state index in [1.54, 1.807) is 6.07 Å². The van der Waals surface area contributed by atoms with E-state index in [0.29, 0.717) is 28.3 Å². The van der Waals surface area contributed by atoms with Crippen molar-refractivity contribution in [3.8, 4) is 5.88 Å². The van der Waals surface area contributed by atoms with E-state index in [1.807, 2.05) is 24.3 Å². The summed E-state index contributed by atoms with van der Waals surface area (Å²) in [4.78, 5) is 8.35. The fourth-order valence-corrected chi connectivity index (χ4v) is 1.83. The SMILES string of the molecule is COc1cc(Cl)nc(Cc2ccccc2Cl)n1. The van der Waals surface area contributed by atoms with Crippen molar-refractivity contribution in [1.29, 1.82) is 0 Å². The lowest BCUT2D eigenvalue weighted by molar-refractivity contribution is 0.395. The monoisotopic (exact) mass is 268 g/mol. The highest BCUT2D eigenvalue weighted by molar-refractivity contribution is 6.31. The summed E-state index contributed by atoms with van der Waals surface area (Å²) in [5.74, 6) is 1.04. The normalized spacial score (nSPS) is 10.3. The molecule has 3 nitrogen and oxygen atoms in total. The van der Waals surface area contributed by atoms with Gasteiger partial charge in [-0.05, 0) is 11.6 Å². The molecule has 0 aliphatic heterocycles. The molecule has 0 unspecified atom stereocenters. The average molecular weight is 269 g/mol. The Morgan fingerprint density at radius 3 is 2.65 bits per heavy atom. The van der Waals surface area contributed by atoms with Crippen LogP contribution in [0.2, 0.25) is 10.2 Å². The van der Waals surface area contributed by atoms with E-state index in [0.717, 1.165) is 5.56 Å². The Hall–Kier alpha value is -1.32. The lowest BCUT2D eigenvalue weighted by Crippen LogP contribution is -1.99. The number of halogens is 2. The van der Waals surface area contributed by atoms with E-state index in [2.05, 4.69) is 9.97 Å². The summed E-state index contributed by atoms with van der Waals surface area (Å²) < 4.78 is 5.04. The van der Waals surface area contributed by atoms with E-state index in [4.69, 9.17) is 27.9 Å². The summed E-state index contributed by atoms with van der Waals surface area (Å²) in [5, 5.41) is 1.05. The van der Waals surface area contributed by atoms with Crippen molar-refractivity contribution < 1.29 is 4.74 Å². The minimum Gasteiger partial charge on any atom is -0.481 e. The summed E-state index contributed by atoms with van der Waals surface area (Å²) in [6, 6.07) is 9.13. The van der Waals surface area contributed by atoms with Crippen LogP contribution in [0.5, 0.6) is 5.88 Å². The van der Waals surface area contributed by atoms with Gasteiger partial charge in [-0.15, -0.1) is 0 Å². The van der Waals surface area contributed by atoms with Gasteiger partial charge >= 0.3 is 0 Å². The van der Waals surface area contributed by atoms with Gasteiger partial charge < -0.3 is 4.74 Å². The predicted molar refractivity (Wildman–Crippen MR) is 67.9 cm³/mol.